The number of benzene rings is 1. The van der Waals surface area contributed by atoms with Crippen LogP contribution in [0.3, 0.4) is 0 Å². The molecule has 2 N–H and O–H groups in total. The molecule has 0 radical (unpaired) electrons. The third-order valence-corrected chi connectivity index (χ3v) is 2.59. The van der Waals surface area contributed by atoms with Crippen LogP contribution in [-0.2, 0) is 6.42 Å². The Hall–Kier alpha value is -0.820. The van der Waals surface area contributed by atoms with Gasteiger partial charge in [-0.1, -0.05) is 51.5 Å². The summed E-state index contributed by atoms with van der Waals surface area (Å²) in [5.41, 5.74) is 8.78. The first kappa shape index (κ1) is 11.3. The minimum Gasteiger partial charge on any atom is -0.324 e. The molecule has 1 nitrogen and oxygen atoms in total. The molecule has 0 aromatic heterocycles. The number of rotatable bonds is 4. The van der Waals surface area contributed by atoms with E-state index in [0.29, 0.717) is 5.92 Å². The van der Waals surface area contributed by atoms with E-state index in [4.69, 9.17) is 5.73 Å². The fourth-order valence-electron chi connectivity index (χ4n) is 1.63. The summed E-state index contributed by atoms with van der Waals surface area (Å²) in [6.07, 6.45) is 2.35. The molecule has 0 amide bonds. The Morgan fingerprint density at radius 3 is 2.57 bits per heavy atom. The molecule has 0 aliphatic carbocycles. The zero-order valence-electron chi connectivity index (χ0n) is 9.46. The third-order valence-electron chi connectivity index (χ3n) is 2.59. The summed E-state index contributed by atoms with van der Waals surface area (Å²) < 4.78 is 0. The Labute approximate surface area is 87.3 Å². The van der Waals surface area contributed by atoms with E-state index in [9.17, 15) is 0 Å². The fourth-order valence-corrected chi connectivity index (χ4v) is 1.63. The summed E-state index contributed by atoms with van der Waals surface area (Å²) in [5, 5.41) is 0. The van der Waals surface area contributed by atoms with Crippen LogP contribution < -0.4 is 5.73 Å². The van der Waals surface area contributed by atoms with E-state index in [1.54, 1.807) is 0 Å². The van der Waals surface area contributed by atoms with Gasteiger partial charge >= 0.3 is 0 Å². The maximum atomic E-state index is 6.10. The van der Waals surface area contributed by atoms with Crippen LogP contribution in [0.2, 0.25) is 0 Å². The zero-order chi connectivity index (χ0) is 10.6. The van der Waals surface area contributed by atoms with Crippen molar-refractivity contribution in [3.05, 3.63) is 35.4 Å². The average molecular weight is 191 g/mol. The molecule has 78 valence electrons. The summed E-state index contributed by atoms with van der Waals surface area (Å²) >= 11 is 0. The first-order valence-corrected chi connectivity index (χ1v) is 5.49. The minimum absolute atomic E-state index is 0.173. The van der Waals surface area contributed by atoms with E-state index in [1.807, 2.05) is 0 Å². The Bertz CT molecular complexity index is 278. The number of nitrogens with two attached hydrogens (primary N) is 1. The first-order valence-electron chi connectivity index (χ1n) is 5.49. The largest absolute Gasteiger partial charge is 0.324 e. The molecule has 1 atom stereocenters. The molecule has 1 aromatic rings. The number of hydrogen-bond acceptors (Lipinski definition) is 1. The zero-order valence-corrected chi connectivity index (χ0v) is 9.46. The lowest BCUT2D eigenvalue weighted by atomic mass is 9.95. The van der Waals surface area contributed by atoms with Crippen LogP contribution in [-0.4, -0.2) is 0 Å². The molecular weight excluding hydrogens is 170 g/mol. The van der Waals surface area contributed by atoms with Gasteiger partial charge in [-0.15, -0.1) is 0 Å². The van der Waals surface area contributed by atoms with Crippen molar-refractivity contribution in [1.29, 1.82) is 0 Å². The van der Waals surface area contributed by atoms with Crippen molar-refractivity contribution in [3.63, 3.8) is 0 Å². The predicted molar refractivity (Wildman–Crippen MR) is 62.2 cm³/mol. The molecule has 0 spiro atoms. The molecule has 1 aromatic carbocycles. The lowest BCUT2D eigenvalue weighted by Crippen LogP contribution is -2.16. The SMILES string of the molecule is CCCc1cccc(C(N)C(C)C)c1. The van der Waals surface area contributed by atoms with Gasteiger partial charge in [0.2, 0.25) is 0 Å². The molecule has 0 bridgehead atoms. The molecule has 1 heteroatoms. The van der Waals surface area contributed by atoms with Gasteiger partial charge in [0, 0.05) is 6.04 Å². The van der Waals surface area contributed by atoms with Gasteiger partial charge in [0.05, 0.1) is 0 Å². The van der Waals surface area contributed by atoms with Crippen LogP contribution in [0.25, 0.3) is 0 Å². The van der Waals surface area contributed by atoms with E-state index in [0.717, 1.165) is 6.42 Å². The fraction of sp³-hybridized carbons (Fsp3) is 0.538. The van der Waals surface area contributed by atoms with Crippen LogP contribution in [0, 0.1) is 5.92 Å². The third kappa shape index (κ3) is 2.85. The quantitative estimate of drug-likeness (QED) is 0.776. The number of aryl methyl sites for hydroxylation is 1. The Kier molecular flexibility index (Phi) is 4.15. The Balaban J connectivity index is 2.82. The summed E-state index contributed by atoms with van der Waals surface area (Å²) in [5.74, 6) is 0.506. The van der Waals surface area contributed by atoms with Crippen molar-refractivity contribution in [2.24, 2.45) is 11.7 Å². The highest BCUT2D eigenvalue weighted by molar-refractivity contribution is 5.26. The maximum Gasteiger partial charge on any atom is 0.0318 e. The summed E-state index contributed by atoms with van der Waals surface area (Å²) in [6, 6.07) is 8.84. The van der Waals surface area contributed by atoms with Gasteiger partial charge in [-0.2, -0.15) is 0 Å². The monoisotopic (exact) mass is 191 g/mol. The van der Waals surface area contributed by atoms with Crippen LogP contribution >= 0.6 is 0 Å². The molecule has 0 aliphatic heterocycles. The topological polar surface area (TPSA) is 26.0 Å². The maximum absolute atomic E-state index is 6.10. The molecule has 0 saturated carbocycles. The highest BCUT2D eigenvalue weighted by atomic mass is 14.6. The van der Waals surface area contributed by atoms with Crippen molar-refractivity contribution in [2.75, 3.05) is 0 Å². The minimum atomic E-state index is 0.173. The molecule has 0 fully saturated rings. The van der Waals surface area contributed by atoms with Crippen LogP contribution in [0.15, 0.2) is 24.3 Å². The lowest BCUT2D eigenvalue weighted by molar-refractivity contribution is 0.514. The molecule has 0 aliphatic rings. The molecular formula is C13H21N. The molecule has 1 rings (SSSR count). The van der Waals surface area contributed by atoms with E-state index >= 15 is 0 Å². The van der Waals surface area contributed by atoms with E-state index < -0.39 is 0 Å². The van der Waals surface area contributed by atoms with Gasteiger partial charge in [-0.25, -0.2) is 0 Å². The second kappa shape index (κ2) is 5.16. The van der Waals surface area contributed by atoms with Crippen LogP contribution in [0.1, 0.15) is 44.4 Å². The van der Waals surface area contributed by atoms with Crippen molar-refractivity contribution in [1.82, 2.24) is 0 Å². The molecule has 1 unspecified atom stereocenters. The van der Waals surface area contributed by atoms with Gasteiger partial charge in [0.15, 0.2) is 0 Å². The second-order valence-corrected chi connectivity index (χ2v) is 4.26. The highest BCUT2D eigenvalue weighted by Crippen LogP contribution is 2.20. The van der Waals surface area contributed by atoms with Gasteiger partial charge in [-0.3, -0.25) is 0 Å². The van der Waals surface area contributed by atoms with Crippen molar-refractivity contribution >= 4 is 0 Å². The van der Waals surface area contributed by atoms with Crippen molar-refractivity contribution < 1.29 is 0 Å². The predicted octanol–water partition coefficient (Wildman–Crippen LogP) is 3.29. The van der Waals surface area contributed by atoms with Gasteiger partial charge in [-0.05, 0) is 23.5 Å². The summed E-state index contributed by atoms with van der Waals surface area (Å²) in [4.78, 5) is 0. The Morgan fingerprint density at radius 2 is 2.00 bits per heavy atom. The standard InChI is InChI=1S/C13H21N/c1-4-6-11-7-5-8-12(9-11)13(14)10(2)3/h5,7-10,13H,4,6,14H2,1-3H3. The highest BCUT2D eigenvalue weighted by Gasteiger charge is 2.09. The normalized spacial score (nSPS) is 13.2. The van der Waals surface area contributed by atoms with Gasteiger partial charge < -0.3 is 5.73 Å². The van der Waals surface area contributed by atoms with E-state index in [-0.39, 0.29) is 6.04 Å². The summed E-state index contributed by atoms with van der Waals surface area (Å²) in [6.45, 7) is 6.53. The molecule has 0 heterocycles. The van der Waals surface area contributed by atoms with E-state index in [2.05, 4.69) is 45.0 Å². The number of hydrogen-bond donors (Lipinski definition) is 1. The molecule has 14 heavy (non-hydrogen) atoms. The first-order chi connectivity index (χ1) is 6.65. The van der Waals surface area contributed by atoms with Crippen LogP contribution in [0.4, 0.5) is 0 Å². The second-order valence-electron chi connectivity index (χ2n) is 4.26. The molecule has 0 saturated heterocycles. The smallest absolute Gasteiger partial charge is 0.0318 e. The van der Waals surface area contributed by atoms with Crippen molar-refractivity contribution in [3.8, 4) is 0 Å². The van der Waals surface area contributed by atoms with Gasteiger partial charge in [0.25, 0.3) is 0 Å². The van der Waals surface area contributed by atoms with Crippen LogP contribution in [0.5, 0.6) is 0 Å². The average Bonchev–Trinajstić information content (AvgIpc) is 2.17. The van der Waals surface area contributed by atoms with E-state index in [1.165, 1.54) is 17.5 Å². The van der Waals surface area contributed by atoms with Gasteiger partial charge in [0.1, 0.15) is 0 Å². The van der Waals surface area contributed by atoms with Crippen molar-refractivity contribution in [2.45, 2.75) is 39.7 Å². The Morgan fingerprint density at radius 1 is 1.29 bits per heavy atom. The lowest BCUT2D eigenvalue weighted by Gasteiger charge is -2.16. The summed E-state index contributed by atoms with van der Waals surface area (Å²) in [7, 11) is 0.